The second-order valence-electron chi connectivity index (χ2n) is 10.7. The number of rotatable bonds is 4. The molecule has 0 bridgehead atoms. The highest BCUT2D eigenvalue weighted by Crippen LogP contribution is 2.33. The lowest BCUT2D eigenvalue weighted by Crippen LogP contribution is -2.60. The van der Waals surface area contributed by atoms with Gasteiger partial charge in [-0.15, -0.1) is 0 Å². The number of hydrogen-bond donors (Lipinski definition) is 2. The van der Waals surface area contributed by atoms with E-state index in [-0.39, 0.29) is 71.1 Å². The van der Waals surface area contributed by atoms with Crippen molar-refractivity contribution in [3.8, 4) is 0 Å². The Hall–Kier alpha value is -5.40. The Kier molecular flexibility index (Phi) is 5.51. The maximum atomic E-state index is 13.4. The molecule has 4 amide bonds. The molecule has 2 aromatic rings. The summed E-state index contributed by atoms with van der Waals surface area (Å²) in [7, 11) is 0. The van der Waals surface area contributed by atoms with Crippen LogP contribution in [0.5, 0.6) is 0 Å². The number of amides is 4. The zero-order valence-electron chi connectivity index (χ0n) is 21.6. The predicted octanol–water partition coefficient (Wildman–Crippen LogP) is -0.580. The van der Waals surface area contributed by atoms with Crippen LogP contribution in [0.4, 0.5) is 0 Å². The summed E-state index contributed by atoms with van der Waals surface area (Å²) in [4.78, 5) is 102. The van der Waals surface area contributed by atoms with E-state index in [1.54, 1.807) is 0 Å². The summed E-state index contributed by atoms with van der Waals surface area (Å²) >= 11 is 0. The lowest BCUT2D eigenvalue weighted by molar-refractivity contribution is -0.156. The van der Waals surface area contributed by atoms with Gasteiger partial charge in [0.1, 0.15) is 12.1 Å². The summed E-state index contributed by atoms with van der Waals surface area (Å²) in [5, 5.41) is 5.60. The molecule has 42 heavy (non-hydrogen) atoms. The van der Waals surface area contributed by atoms with Gasteiger partial charge in [0.2, 0.25) is 11.8 Å². The number of cyclic esters (lactones) is 4. The Labute approximate surface area is 235 Å². The SMILES string of the molecule is O=C(NC1CC2C(=O)N3CC(NC(=O)c4ccc5c(c4)C(=O)OC5=O)CC3C(=O)N2C1)c1ccc2c(c1)C(=O)OC2=O. The minimum atomic E-state index is -0.831. The van der Waals surface area contributed by atoms with Crippen LogP contribution in [0, 0.1) is 0 Å². The molecule has 2 aromatic carbocycles. The van der Waals surface area contributed by atoms with Crippen molar-refractivity contribution in [3.05, 3.63) is 69.8 Å². The minimum Gasteiger partial charge on any atom is -0.386 e. The minimum absolute atomic E-state index is 0.00195. The van der Waals surface area contributed by atoms with E-state index in [1.807, 2.05) is 0 Å². The molecule has 14 heteroatoms. The standard InChI is InChI=1S/C28H20N4O10/c33-21(11-1-3-15-17(5-11)27(39)41-25(15)37)29-13-7-19-23(35)32-10-14(8-20(32)24(36)31(19)9-13)30-22(34)12-2-4-16-18(6-12)28(40)42-26(16)38/h1-6,13-14,19-20H,7-10H2,(H,29,33)(H,30,34). The van der Waals surface area contributed by atoms with Gasteiger partial charge in [-0.2, -0.15) is 0 Å². The van der Waals surface area contributed by atoms with Crippen LogP contribution in [0.25, 0.3) is 0 Å². The Bertz CT molecular complexity index is 1550. The highest BCUT2D eigenvalue weighted by molar-refractivity contribution is 6.16. The molecule has 0 spiro atoms. The van der Waals surface area contributed by atoms with Gasteiger partial charge in [0.25, 0.3) is 11.8 Å². The number of nitrogens with zero attached hydrogens (tertiary/aromatic N) is 2. The number of hydrogen-bond acceptors (Lipinski definition) is 10. The largest absolute Gasteiger partial charge is 0.386 e. The molecule has 14 nitrogen and oxygen atoms in total. The van der Waals surface area contributed by atoms with Crippen molar-refractivity contribution in [1.82, 2.24) is 20.4 Å². The van der Waals surface area contributed by atoms with Crippen molar-refractivity contribution in [1.29, 1.82) is 0 Å². The van der Waals surface area contributed by atoms with E-state index in [0.29, 0.717) is 0 Å². The van der Waals surface area contributed by atoms with E-state index in [4.69, 9.17) is 0 Å². The molecule has 2 N–H and O–H groups in total. The first-order valence-corrected chi connectivity index (χ1v) is 13.1. The van der Waals surface area contributed by atoms with Crippen molar-refractivity contribution < 1.29 is 47.8 Å². The molecule has 3 saturated heterocycles. The van der Waals surface area contributed by atoms with Gasteiger partial charge in [0.15, 0.2) is 0 Å². The van der Waals surface area contributed by atoms with Crippen molar-refractivity contribution in [2.75, 3.05) is 13.1 Å². The summed E-state index contributed by atoms with van der Waals surface area (Å²) in [6.45, 7) is 0.218. The Morgan fingerprint density at radius 1 is 0.595 bits per heavy atom. The molecule has 7 rings (SSSR count). The van der Waals surface area contributed by atoms with Crippen LogP contribution in [-0.4, -0.2) is 94.6 Å². The van der Waals surface area contributed by atoms with Crippen molar-refractivity contribution >= 4 is 47.5 Å². The normalized spacial score (nSPS) is 25.5. The van der Waals surface area contributed by atoms with Crippen LogP contribution >= 0.6 is 0 Å². The van der Waals surface area contributed by atoms with Gasteiger partial charge in [0.05, 0.1) is 22.3 Å². The first-order chi connectivity index (χ1) is 20.1. The van der Waals surface area contributed by atoms with Crippen LogP contribution in [-0.2, 0) is 19.1 Å². The topological polar surface area (TPSA) is 186 Å². The summed E-state index contributed by atoms with van der Waals surface area (Å²) in [5.41, 5.74) is 0.419. The third-order valence-electron chi connectivity index (χ3n) is 8.22. The number of nitrogens with one attached hydrogen (secondary N) is 2. The quantitative estimate of drug-likeness (QED) is 0.355. The fraction of sp³-hybridized carbons (Fsp3) is 0.286. The zero-order chi connectivity index (χ0) is 29.4. The average molecular weight is 572 g/mol. The van der Waals surface area contributed by atoms with Gasteiger partial charge in [-0.25, -0.2) is 19.2 Å². The van der Waals surface area contributed by atoms with E-state index in [1.165, 1.54) is 46.2 Å². The van der Waals surface area contributed by atoms with Gasteiger partial charge < -0.3 is 29.9 Å². The number of carbonyl (C=O) groups excluding carboxylic acids is 8. The van der Waals surface area contributed by atoms with Crippen molar-refractivity contribution in [2.45, 2.75) is 37.0 Å². The lowest BCUT2D eigenvalue weighted by Gasteiger charge is -2.38. The molecule has 212 valence electrons. The number of esters is 4. The molecule has 4 atom stereocenters. The summed E-state index contributed by atoms with van der Waals surface area (Å²) in [6, 6.07) is 5.41. The van der Waals surface area contributed by atoms with E-state index in [9.17, 15) is 38.4 Å². The molecule has 5 heterocycles. The molecule has 4 unspecified atom stereocenters. The highest BCUT2D eigenvalue weighted by Gasteiger charge is 2.54. The number of piperazine rings is 1. The van der Waals surface area contributed by atoms with Gasteiger partial charge in [-0.1, -0.05) is 0 Å². The van der Waals surface area contributed by atoms with Gasteiger partial charge in [-0.05, 0) is 49.2 Å². The smallest absolute Gasteiger partial charge is 0.346 e. The maximum Gasteiger partial charge on any atom is 0.346 e. The van der Waals surface area contributed by atoms with Crippen LogP contribution in [0.3, 0.4) is 0 Å². The molecule has 5 aliphatic rings. The molecular weight excluding hydrogens is 552 g/mol. The second-order valence-corrected chi connectivity index (χ2v) is 10.7. The lowest BCUT2D eigenvalue weighted by atomic mass is 10.0. The van der Waals surface area contributed by atoms with Gasteiger partial charge >= 0.3 is 23.9 Å². The first kappa shape index (κ1) is 25.6. The van der Waals surface area contributed by atoms with Crippen LogP contribution in [0.15, 0.2) is 36.4 Å². The number of benzene rings is 2. The average Bonchev–Trinajstić information content (AvgIpc) is 3.72. The predicted molar refractivity (Wildman–Crippen MR) is 135 cm³/mol. The monoisotopic (exact) mass is 572 g/mol. The molecule has 5 aliphatic heterocycles. The molecule has 3 fully saturated rings. The van der Waals surface area contributed by atoms with E-state index >= 15 is 0 Å². The maximum absolute atomic E-state index is 13.4. The Morgan fingerprint density at radius 3 is 1.38 bits per heavy atom. The molecule has 0 aliphatic carbocycles. The molecule has 0 aromatic heterocycles. The highest BCUT2D eigenvalue weighted by atomic mass is 16.6. The summed E-state index contributed by atoms with van der Waals surface area (Å²) < 4.78 is 9.10. The van der Waals surface area contributed by atoms with E-state index in [2.05, 4.69) is 20.1 Å². The summed E-state index contributed by atoms with van der Waals surface area (Å²) in [5.74, 6) is -4.84. The van der Waals surface area contributed by atoms with Crippen LogP contribution < -0.4 is 10.6 Å². The van der Waals surface area contributed by atoms with E-state index in [0.717, 1.165) is 0 Å². The third-order valence-corrected chi connectivity index (χ3v) is 8.22. The van der Waals surface area contributed by atoms with Crippen LogP contribution in [0.1, 0.15) is 75.0 Å². The number of ether oxygens (including phenoxy) is 2. The molecule has 0 radical (unpaired) electrons. The number of fused-ring (bicyclic) bond motifs is 4. The molecule has 0 saturated carbocycles. The molecular formula is C28H20N4O10. The van der Waals surface area contributed by atoms with Gasteiger partial charge in [-0.3, -0.25) is 19.2 Å². The fourth-order valence-corrected chi connectivity index (χ4v) is 6.21. The third kappa shape index (κ3) is 3.86. The Balaban J connectivity index is 0.995. The zero-order valence-corrected chi connectivity index (χ0v) is 21.6. The summed E-state index contributed by atoms with van der Waals surface area (Å²) in [6.07, 6.45) is 0.373. The van der Waals surface area contributed by atoms with E-state index < -0.39 is 59.9 Å². The van der Waals surface area contributed by atoms with Gasteiger partial charge in [0, 0.05) is 36.3 Å². The van der Waals surface area contributed by atoms with Crippen molar-refractivity contribution in [2.24, 2.45) is 0 Å². The number of carbonyl (C=O) groups is 8. The van der Waals surface area contributed by atoms with Crippen molar-refractivity contribution in [3.63, 3.8) is 0 Å². The second kappa shape index (κ2) is 9.06. The fourth-order valence-electron chi connectivity index (χ4n) is 6.21. The van der Waals surface area contributed by atoms with Crippen LogP contribution in [0.2, 0.25) is 0 Å². The Morgan fingerprint density at radius 2 is 0.976 bits per heavy atom. The first-order valence-electron chi connectivity index (χ1n) is 13.1.